The summed E-state index contributed by atoms with van der Waals surface area (Å²) in [6.07, 6.45) is 15.0. The van der Waals surface area contributed by atoms with E-state index in [0.717, 1.165) is 87.0 Å². The molecule has 2 N–H and O–H groups in total. The number of likely N-dealkylation sites (N-methyl/N-ethyl adjacent to an activating group) is 2. The summed E-state index contributed by atoms with van der Waals surface area (Å²) in [5, 5.41) is 0. The Bertz CT molecular complexity index is 1960. The molecule has 0 saturated carbocycles. The van der Waals surface area contributed by atoms with Gasteiger partial charge in [0.1, 0.15) is 17.7 Å². The smallest absolute Gasteiger partial charge is 0.245 e. The summed E-state index contributed by atoms with van der Waals surface area (Å²) in [5.74, 6) is 1.93. The van der Waals surface area contributed by atoms with Gasteiger partial charge in [0, 0.05) is 25.5 Å². The summed E-state index contributed by atoms with van der Waals surface area (Å²) in [6, 6.07) is 19.9. The molecule has 1 unspecified atom stereocenters. The van der Waals surface area contributed by atoms with Gasteiger partial charge in [0.05, 0.1) is 34.9 Å². The SMILES string of the molecule is CCN(CC)[C@H](C)C(=O)N1CCC[C@H]1c1ncc(C2(c3cnc([C@@H]4CCCN4C(=O)[C@@H](c4ccccc4)N(CC)CC)[nH]3)C=CC(c3ccccc3)=CC2)[nH]1. The van der Waals surface area contributed by atoms with Crippen LogP contribution in [-0.4, -0.2) is 96.7 Å². The van der Waals surface area contributed by atoms with Crippen LogP contribution in [0.2, 0.25) is 0 Å². The first kappa shape index (κ1) is 38.5. The molecule has 290 valence electrons. The van der Waals surface area contributed by atoms with Gasteiger partial charge in [-0.1, -0.05) is 107 Å². The highest BCUT2D eigenvalue weighted by Gasteiger charge is 2.42. The number of nitrogens with zero attached hydrogens (tertiary/aromatic N) is 6. The van der Waals surface area contributed by atoms with Crippen LogP contribution in [0.4, 0.5) is 0 Å². The molecule has 2 aromatic heterocycles. The fourth-order valence-electron chi connectivity index (χ4n) is 9.18. The van der Waals surface area contributed by atoms with Gasteiger partial charge in [0.2, 0.25) is 11.8 Å². The van der Waals surface area contributed by atoms with Gasteiger partial charge in [0.15, 0.2) is 0 Å². The molecule has 4 aromatic rings. The first-order valence-corrected chi connectivity index (χ1v) is 20.5. The minimum absolute atomic E-state index is 0.0990. The third-order valence-corrected chi connectivity index (χ3v) is 12.4. The van der Waals surface area contributed by atoms with E-state index in [2.05, 4.69) is 107 Å². The Morgan fingerprint density at radius 3 is 1.80 bits per heavy atom. The lowest BCUT2D eigenvalue weighted by Gasteiger charge is -2.34. The Kier molecular flexibility index (Phi) is 11.8. The highest BCUT2D eigenvalue weighted by molar-refractivity contribution is 5.84. The van der Waals surface area contributed by atoms with Crippen molar-refractivity contribution in [3.63, 3.8) is 0 Å². The van der Waals surface area contributed by atoms with Crippen LogP contribution in [0.3, 0.4) is 0 Å². The highest BCUT2D eigenvalue weighted by atomic mass is 16.2. The topological polar surface area (TPSA) is 104 Å². The van der Waals surface area contributed by atoms with Gasteiger partial charge in [-0.05, 0) is 81.9 Å². The normalized spacial score (nSPS) is 22.4. The Balaban J connectivity index is 1.21. The first-order valence-electron chi connectivity index (χ1n) is 20.5. The van der Waals surface area contributed by atoms with E-state index in [1.54, 1.807) is 0 Å². The lowest BCUT2D eigenvalue weighted by molar-refractivity contribution is -0.138. The molecule has 0 spiro atoms. The zero-order chi connectivity index (χ0) is 38.5. The van der Waals surface area contributed by atoms with Crippen molar-refractivity contribution in [1.29, 1.82) is 0 Å². The van der Waals surface area contributed by atoms with Gasteiger partial charge in [-0.15, -0.1) is 0 Å². The van der Waals surface area contributed by atoms with E-state index in [1.165, 1.54) is 11.1 Å². The van der Waals surface area contributed by atoms with Crippen molar-refractivity contribution in [2.75, 3.05) is 39.3 Å². The second-order valence-electron chi connectivity index (χ2n) is 15.2. The first-order chi connectivity index (χ1) is 26.8. The predicted octanol–water partition coefficient (Wildman–Crippen LogP) is 7.60. The van der Waals surface area contributed by atoms with Crippen LogP contribution in [0.25, 0.3) is 5.57 Å². The standard InChI is InChI=1S/C45H58N8O2/c1-6-50(7-2)32(5)43(54)52-28-16-22-36(52)41-46-30-38(48-41)45(26-24-34(25-27-45)33-18-12-10-13-19-33)39-31-47-42(49-39)37-23-17-29-53(37)44(55)40(51(8-3)9-4)35-20-14-11-15-21-35/h10-15,18-21,24-26,30-32,36-37,40H,6-9,16-17,22-23,27-29H2,1-5H3,(H,46,48)(H,47,49)/t32-,36+,37+,40-,45?/m1/s1. The third kappa shape index (κ3) is 7.46. The molecule has 4 heterocycles. The maximum absolute atomic E-state index is 14.5. The lowest BCUT2D eigenvalue weighted by atomic mass is 9.74. The average Bonchev–Trinajstić information content (AvgIpc) is 4.08. The van der Waals surface area contributed by atoms with Crippen LogP contribution in [-0.2, 0) is 15.0 Å². The van der Waals surface area contributed by atoms with E-state index in [0.29, 0.717) is 13.0 Å². The third-order valence-electron chi connectivity index (χ3n) is 12.4. The van der Waals surface area contributed by atoms with Crippen LogP contribution < -0.4 is 0 Å². The minimum Gasteiger partial charge on any atom is -0.343 e. The maximum Gasteiger partial charge on any atom is 0.245 e. The number of imidazole rings is 2. The molecule has 10 heteroatoms. The van der Waals surface area contributed by atoms with Crippen molar-refractivity contribution in [3.8, 4) is 0 Å². The molecule has 5 atom stereocenters. The quantitative estimate of drug-likeness (QED) is 0.138. The zero-order valence-corrected chi connectivity index (χ0v) is 33.2. The number of likely N-dealkylation sites (tertiary alicyclic amines) is 2. The van der Waals surface area contributed by atoms with E-state index < -0.39 is 5.41 Å². The van der Waals surface area contributed by atoms with Crippen molar-refractivity contribution in [2.24, 2.45) is 0 Å². The average molecular weight is 743 g/mol. The lowest BCUT2D eigenvalue weighted by Crippen LogP contribution is -2.46. The van der Waals surface area contributed by atoms with Gasteiger partial charge in [0.25, 0.3) is 0 Å². The molecule has 3 aliphatic rings. The van der Waals surface area contributed by atoms with Crippen molar-refractivity contribution >= 4 is 17.4 Å². The Morgan fingerprint density at radius 1 is 0.764 bits per heavy atom. The highest BCUT2D eigenvalue weighted by Crippen LogP contribution is 2.43. The van der Waals surface area contributed by atoms with Crippen LogP contribution in [0.1, 0.15) is 119 Å². The number of amides is 2. The molecule has 1 aliphatic carbocycles. The monoisotopic (exact) mass is 742 g/mol. The summed E-state index contributed by atoms with van der Waals surface area (Å²) in [4.78, 5) is 54.5. The fraction of sp³-hybridized carbons (Fsp3) is 0.467. The molecule has 0 bridgehead atoms. The minimum atomic E-state index is -0.599. The number of hydrogen-bond donors (Lipinski definition) is 2. The van der Waals surface area contributed by atoms with Gasteiger partial charge < -0.3 is 19.8 Å². The van der Waals surface area contributed by atoms with E-state index in [9.17, 15) is 9.59 Å². The number of carbonyl (C=O) groups is 2. The molecular weight excluding hydrogens is 685 g/mol. The van der Waals surface area contributed by atoms with Gasteiger partial charge in [-0.3, -0.25) is 19.4 Å². The molecule has 2 amide bonds. The summed E-state index contributed by atoms with van der Waals surface area (Å²) in [7, 11) is 0. The summed E-state index contributed by atoms with van der Waals surface area (Å²) < 4.78 is 0. The van der Waals surface area contributed by atoms with Crippen LogP contribution in [0.15, 0.2) is 91.3 Å². The number of carbonyl (C=O) groups excluding carboxylic acids is 2. The molecule has 2 fully saturated rings. The van der Waals surface area contributed by atoms with Gasteiger partial charge in [-0.25, -0.2) is 9.97 Å². The molecule has 7 rings (SSSR count). The van der Waals surface area contributed by atoms with Crippen LogP contribution in [0, 0.1) is 0 Å². The van der Waals surface area contributed by atoms with E-state index in [4.69, 9.17) is 9.97 Å². The number of rotatable bonds is 14. The van der Waals surface area contributed by atoms with Crippen molar-refractivity contribution in [2.45, 2.75) is 96.3 Å². The summed E-state index contributed by atoms with van der Waals surface area (Å²) >= 11 is 0. The largest absolute Gasteiger partial charge is 0.343 e. The maximum atomic E-state index is 14.5. The number of aromatic amines is 2. The molecule has 2 saturated heterocycles. The molecular formula is C45H58N8O2. The summed E-state index contributed by atoms with van der Waals surface area (Å²) in [5.41, 5.74) is 4.68. The number of benzene rings is 2. The summed E-state index contributed by atoms with van der Waals surface area (Å²) in [6.45, 7) is 15.2. The van der Waals surface area contributed by atoms with Crippen molar-refractivity contribution < 1.29 is 9.59 Å². The fourth-order valence-corrected chi connectivity index (χ4v) is 9.18. The number of aromatic nitrogens is 4. The molecule has 0 radical (unpaired) electrons. The van der Waals surface area contributed by atoms with E-state index >= 15 is 0 Å². The number of H-pyrrole nitrogens is 2. The van der Waals surface area contributed by atoms with Crippen molar-refractivity contribution in [1.82, 2.24) is 39.5 Å². The molecule has 10 nitrogen and oxygen atoms in total. The Morgan fingerprint density at radius 2 is 1.29 bits per heavy atom. The van der Waals surface area contributed by atoms with Crippen molar-refractivity contribution in [3.05, 3.63) is 125 Å². The van der Waals surface area contributed by atoms with Crippen LogP contribution in [0.5, 0.6) is 0 Å². The number of hydrogen-bond acceptors (Lipinski definition) is 6. The van der Waals surface area contributed by atoms with Gasteiger partial charge in [-0.2, -0.15) is 0 Å². The second kappa shape index (κ2) is 16.9. The second-order valence-corrected chi connectivity index (χ2v) is 15.2. The van der Waals surface area contributed by atoms with E-state index in [-0.39, 0.29) is 36.0 Å². The van der Waals surface area contributed by atoms with Crippen LogP contribution >= 0.6 is 0 Å². The van der Waals surface area contributed by atoms with E-state index in [1.807, 2.05) is 48.5 Å². The van der Waals surface area contributed by atoms with Gasteiger partial charge >= 0.3 is 0 Å². The molecule has 2 aliphatic heterocycles. The number of nitrogens with one attached hydrogen (secondary N) is 2. The molecule has 55 heavy (non-hydrogen) atoms. The molecule has 2 aromatic carbocycles. The predicted molar refractivity (Wildman–Crippen MR) is 218 cm³/mol. The zero-order valence-electron chi connectivity index (χ0n) is 33.2. The number of allylic oxidation sites excluding steroid dienone is 4. The Labute approximate surface area is 326 Å². The Hall–Kier alpha value is -4.80.